The van der Waals surface area contributed by atoms with E-state index in [9.17, 15) is 22.8 Å². The van der Waals surface area contributed by atoms with Crippen molar-refractivity contribution in [2.24, 2.45) is 5.73 Å². The topological polar surface area (TPSA) is 155 Å². The van der Waals surface area contributed by atoms with Crippen LogP contribution in [0, 0.1) is 0 Å². The largest absolute Gasteiger partial charge is 0.480 e. The minimum atomic E-state index is -4.38. The van der Waals surface area contributed by atoms with Crippen LogP contribution in [-0.4, -0.2) is 59.1 Å². The van der Waals surface area contributed by atoms with E-state index in [0.29, 0.717) is 4.90 Å². The van der Waals surface area contributed by atoms with Crippen LogP contribution in [0.5, 0.6) is 0 Å². The molecule has 1 aromatic carbocycles. The minimum absolute atomic E-state index is 0.156. The number of carboxylic acid groups (broad SMARTS) is 1. The van der Waals surface area contributed by atoms with Gasteiger partial charge in [0.2, 0.25) is 5.91 Å². The van der Waals surface area contributed by atoms with E-state index in [-0.39, 0.29) is 18.4 Å². The summed E-state index contributed by atoms with van der Waals surface area (Å²) in [5, 5.41) is 8.70. The molecule has 0 unspecified atom stereocenters. The lowest BCUT2D eigenvalue weighted by molar-refractivity contribution is -0.138. The van der Waals surface area contributed by atoms with Crippen LogP contribution in [0.15, 0.2) is 30.3 Å². The predicted molar refractivity (Wildman–Crippen MR) is 83.7 cm³/mol. The van der Waals surface area contributed by atoms with Crippen LogP contribution in [-0.2, 0) is 19.7 Å². The number of nitrogens with zero attached hydrogens (tertiary/aromatic N) is 1. The second kappa shape index (κ2) is 8.52. The minimum Gasteiger partial charge on any atom is -0.480 e. The van der Waals surface area contributed by atoms with Gasteiger partial charge in [0.1, 0.15) is 6.04 Å². The van der Waals surface area contributed by atoms with E-state index in [1.807, 2.05) is 0 Å². The molecule has 0 spiro atoms. The van der Waals surface area contributed by atoms with Gasteiger partial charge in [-0.1, -0.05) is 18.2 Å². The number of amides is 2. The number of imide groups is 1. The second-order valence-electron chi connectivity index (χ2n) is 4.99. The number of benzene rings is 1. The Balaban J connectivity index is 2.90. The van der Waals surface area contributed by atoms with Crippen molar-refractivity contribution in [3.63, 3.8) is 0 Å². The van der Waals surface area contributed by atoms with Gasteiger partial charge in [0.15, 0.2) is 0 Å². The SMILES string of the molecule is N[C@@H](CCC(=O)N(CCS(=O)(=O)O)C(=O)c1ccccc1)C(=O)O. The number of nitrogens with two attached hydrogens (primary N) is 1. The lowest BCUT2D eigenvalue weighted by Crippen LogP contribution is -2.41. The third-order valence-electron chi connectivity index (χ3n) is 3.13. The maximum Gasteiger partial charge on any atom is 0.320 e. The Labute approximate surface area is 138 Å². The van der Waals surface area contributed by atoms with Crippen LogP contribution in [0.3, 0.4) is 0 Å². The fourth-order valence-corrected chi connectivity index (χ4v) is 2.23. The van der Waals surface area contributed by atoms with Gasteiger partial charge in [0, 0.05) is 18.5 Å². The zero-order valence-corrected chi connectivity index (χ0v) is 13.5. The quantitative estimate of drug-likeness (QED) is 0.537. The molecule has 0 heterocycles. The van der Waals surface area contributed by atoms with E-state index in [4.69, 9.17) is 15.4 Å². The van der Waals surface area contributed by atoms with E-state index in [1.165, 1.54) is 12.1 Å². The molecule has 0 aliphatic heterocycles. The molecule has 1 aromatic rings. The Kier molecular flexibility index (Phi) is 7.01. The van der Waals surface area contributed by atoms with Crippen molar-refractivity contribution < 1.29 is 32.5 Å². The molecule has 24 heavy (non-hydrogen) atoms. The number of hydrogen-bond donors (Lipinski definition) is 3. The summed E-state index contributed by atoms with van der Waals surface area (Å²) >= 11 is 0. The van der Waals surface area contributed by atoms with Crippen molar-refractivity contribution in [2.45, 2.75) is 18.9 Å². The first-order valence-corrected chi connectivity index (χ1v) is 8.56. The summed E-state index contributed by atoms with van der Waals surface area (Å²) in [6.07, 6.45) is -0.559. The standard InChI is InChI=1S/C14H18N2O7S/c15-11(14(19)20)6-7-12(17)16(8-9-24(21,22)23)13(18)10-4-2-1-3-5-10/h1-5,11H,6-9,15H2,(H,19,20)(H,21,22,23)/t11-/m0/s1. The highest BCUT2D eigenvalue weighted by atomic mass is 32.2. The number of carbonyl (C=O) groups is 3. The summed E-state index contributed by atoms with van der Waals surface area (Å²) < 4.78 is 30.6. The first-order chi connectivity index (χ1) is 11.1. The van der Waals surface area contributed by atoms with Crippen LogP contribution in [0.1, 0.15) is 23.2 Å². The zero-order valence-electron chi connectivity index (χ0n) is 12.7. The Morgan fingerprint density at radius 2 is 1.75 bits per heavy atom. The van der Waals surface area contributed by atoms with Gasteiger partial charge in [-0.3, -0.25) is 23.8 Å². The van der Waals surface area contributed by atoms with Gasteiger partial charge >= 0.3 is 5.97 Å². The summed E-state index contributed by atoms with van der Waals surface area (Å²) in [5.41, 5.74) is 5.46. The molecule has 0 saturated carbocycles. The molecule has 0 bridgehead atoms. The monoisotopic (exact) mass is 358 g/mol. The van der Waals surface area contributed by atoms with Crippen molar-refractivity contribution in [1.82, 2.24) is 4.90 Å². The van der Waals surface area contributed by atoms with Crippen molar-refractivity contribution in [3.05, 3.63) is 35.9 Å². The molecular formula is C14H18N2O7S. The van der Waals surface area contributed by atoms with Gasteiger partial charge in [-0.2, -0.15) is 8.42 Å². The van der Waals surface area contributed by atoms with Gasteiger partial charge in [-0.25, -0.2) is 0 Å². The Morgan fingerprint density at radius 1 is 1.17 bits per heavy atom. The molecule has 1 atom stereocenters. The lowest BCUT2D eigenvalue weighted by Gasteiger charge is -2.21. The maximum atomic E-state index is 12.4. The molecule has 2 amide bonds. The number of carboxylic acids is 1. The summed E-state index contributed by atoms with van der Waals surface area (Å²) in [6, 6.07) is 6.41. The van der Waals surface area contributed by atoms with Gasteiger partial charge in [0.05, 0.1) is 5.75 Å². The van der Waals surface area contributed by atoms with Gasteiger partial charge in [0.25, 0.3) is 16.0 Å². The Morgan fingerprint density at radius 3 is 2.25 bits per heavy atom. The molecule has 4 N–H and O–H groups in total. The smallest absolute Gasteiger partial charge is 0.320 e. The van der Waals surface area contributed by atoms with Gasteiger partial charge in [-0.15, -0.1) is 0 Å². The van der Waals surface area contributed by atoms with Crippen molar-refractivity contribution in [1.29, 1.82) is 0 Å². The Bertz CT molecular complexity index is 703. The zero-order chi connectivity index (χ0) is 18.3. The molecule has 0 saturated heterocycles. The molecule has 0 aromatic heterocycles. The van der Waals surface area contributed by atoms with Gasteiger partial charge in [-0.05, 0) is 18.6 Å². The molecule has 0 aliphatic carbocycles. The van der Waals surface area contributed by atoms with Crippen LogP contribution >= 0.6 is 0 Å². The summed E-state index contributed by atoms with van der Waals surface area (Å²) in [5.74, 6) is -3.62. The third-order valence-corrected chi connectivity index (χ3v) is 3.82. The van der Waals surface area contributed by atoms with Crippen molar-refractivity contribution >= 4 is 27.9 Å². The second-order valence-corrected chi connectivity index (χ2v) is 6.56. The van der Waals surface area contributed by atoms with Crippen LogP contribution in [0.4, 0.5) is 0 Å². The average Bonchev–Trinajstić information content (AvgIpc) is 2.52. The molecule has 1 rings (SSSR count). The summed E-state index contributed by atoms with van der Waals surface area (Å²) in [6.45, 7) is -0.548. The molecule has 9 nitrogen and oxygen atoms in total. The number of hydrogen-bond acceptors (Lipinski definition) is 6. The van der Waals surface area contributed by atoms with Crippen molar-refractivity contribution in [2.75, 3.05) is 12.3 Å². The molecule has 0 fully saturated rings. The first kappa shape index (κ1) is 19.7. The fourth-order valence-electron chi connectivity index (χ4n) is 1.82. The molecule has 132 valence electrons. The highest BCUT2D eigenvalue weighted by molar-refractivity contribution is 7.85. The maximum absolute atomic E-state index is 12.4. The van der Waals surface area contributed by atoms with E-state index in [2.05, 4.69) is 0 Å². The van der Waals surface area contributed by atoms with E-state index in [1.54, 1.807) is 18.2 Å². The van der Waals surface area contributed by atoms with E-state index in [0.717, 1.165) is 0 Å². The number of rotatable bonds is 8. The highest BCUT2D eigenvalue weighted by Crippen LogP contribution is 2.09. The normalized spacial score (nSPS) is 12.4. The van der Waals surface area contributed by atoms with Crippen LogP contribution in [0.2, 0.25) is 0 Å². The third kappa shape index (κ3) is 6.44. The van der Waals surface area contributed by atoms with E-state index >= 15 is 0 Å². The Hall–Kier alpha value is -2.30. The summed E-state index contributed by atoms with van der Waals surface area (Å²) in [4.78, 5) is 35.9. The first-order valence-electron chi connectivity index (χ1n) is 6.95. The molecule has 10 heteroatoms. The summed E-state index contributed by atoms with van der Waals surface area (Å²) in [7, 11) is -4.38. The molecule has 0 radical (unpaired) electrons. The van der Waals surface area contributed by atoms with E-state index < -0.39 is 46.2 Å². The predicted octanol–water partition coefficient (Wildman–Crippen LogP) is -0.265. The fraction of sp³-hybridized carbons (Fsp3) is 0.357. The molecule has 0 aliphatic rings. The molecular weight excluding hydrogens is 340 g/mol. The van der Waals surface area contributed by atoms with Crippen LogP contribution < -0.4 is 5.73 Å². The highest BCUT2D eigenvalue weighted by Gasteiger charge is 2.25. The number of carbonyl (C=O) groups excluding carboxylic acids is 2. The lowest BCUT2D eigenvalue weighted by atomic mass is 10.1. The van der Waals surface area contributed by atoms with Gasteiger partial charge < -0.3 is 10.8 Å². The van der Waals surface area contributed by atoms with Crippen molar-refractivity contribution in [3.8, 4) is 0 Å². The average molecular weight is 358 g/mol. The van der Waals surface area contributed by atoms with Crippen LogP contribution in [0.25, 0.3) is 0 Å². The number of aliphatic carboxylic acids is 1.